The molecule has 2 atom stereocenters. The fourth-order valence-corrected chi connectivity index (χ4v) is 3.45. The van der Waals surface area contributed by atoms with Crippen molar-refractivity contribution in [1.82, 2.24) is 14.7 Å². The second-order valence-electron chi connectivity index (χ2n) is 7.16. The average molecular weight is 380 g/mol. The molecule has 1 saturated heterocycles. The van der Waals surface area contributed by atoms with Crippen molar-refractivity contribution in [2.75, 3.05) is 13.1 Å². The SMILES string of the molecule is Cc1ccc(-n2ncc(C(=O)N3CCCC(C(C)N)C3)c2C(F)(F)F)cc1. The summed E-state index contributed by atoms with van der Waals surface area (Å²) in [6, 6.07) is 6.41. The van der Waals surface area contributed by atoms with E-state index in [2.05, 4.69) is 5.10 Å². The van der Waals surface area contributed by atoms with Crippen molar-refractivity contribution >= 4 is 5.91 Å². The van der Waals surface area contributed by atoms with E-state index in [9.17, 15) is 18.0 Å². The number of hydrogen-bond acceptors (Lipinski definition) is 3. The first-order chi connectivity index (χ1) is 12.7. The molecule has 0 saturated carbocycles. The monoisotopic (exact) mass is 380 g/mol. The Kier molecular flexibility index (Phi) is 5.28. The topological polar surface area (TPSA) is 64.2 Å². The van der Waals surface area contributed by atoms with E-state index in [0.29, 0.717) is 13.1 Å². The minimum Gasteiger partial charge on any atom is -0.338 e. The zero-order valence-electron chi connectivity index (χ0n) is 15.3. The van der Waals surface area contributed by atoms with Gasteiger partial charge in [0, 0.05) is 19.1 Å². The quantitative estimate of drug-likeness (QED) is 0.888. The van der Waals surface area contributed by atoms with Crippen molar-refractivity contribution < 1.29 is 18.0 Å². The first kappa shape index (κ1) is 19.4. The maximum Gasteiger partial charge on any atom is 0.434 e. The fraction of sp³-hybridized carbons (Fsp3) is 0.474. The zero-order chi connectivity index (χ0) is 19.8. The van der Waals surface area contributed by atoms with Crippen molar-refractivity contribution in [3.8, 4) is 5.69 Å². The van der Waals surface area contributed by atoms with Gasteiger partial charge >= 0.3 is 6.18 Å². The summed E-state index contributed by atoms with van der Waals surface area (Å²) < 4.78 is 42.2. The molecule has 1 aromatic carbocycles. The summed E-state index contributed by atoms with van der Waals surface area (Å²) in [6.07, 6.45) is -2.09. The van der Waals surface area contributed by atoms with Crippen LogP contribution in [0.5, 0.6) is 0 Å². The van der Waals surface area contributed by atoms with E-state index >= 15 is 0 Å². The molecule has 1 fully saturated rings. The number of carbonyl (C=O) groups is 1. The Labute approximate surface area is 155 Å². The Morgan fingerprint density at radius 2 is 1.96 bits per heavy atom. The number of alkyl halides is 3. The number of aryl methyl sites for hydroxylation is 1. The number of aromatic nitrogens is 2. The van der Waals surface area contributed by atoms with Crippen LogP contribution in [0.15, 0.2) is 30.5 Å². The van der Waals surface area contributed by atoms with Gasteiger partial charge < -0.3 is 10.6 Å². The lowest BCUT2D eigenvalue weighted by Crippen LogP contribution is -2.45. The molecule has 0 spiro atoms. The predicted molar refractivity (Wildman–Crippen MR) is 95.6 cm³/mol. The van der Waals surface area contributed by atoms with Crippen LogP contribution in [-0.4, -0.2) is 39.7 Å². The van der Waals surface area contributed by atoms with E-state index in [1.54, 1.807) is 24.3 Å². The van der Waals surface area contributed by atoms with Crippen LogP contribution >= 0.6 is 0 Å². The van der Waals surface area contributed by atoms with Crippen LogP contribution in [0.2, 0.25) is 0 Å². The Balaban J connectivity index is 1.98. The van der Waals surface area contributed by atoms with Gasteiger partial charge in [-0.2, -0.15) is 18.3 Å². The van der Waals surface area contributed by atoms with Gasteiger partial charge in [-0.15, -0.1) is 0 Å². The number of likely N-dealkylation sites (tertiary alicyclic amines) is 1. The Morgan fingerprint density at radius 3 is 2.56 bits per heavy atom. The largest absolute Gasteiger partial charge is 0.434 e. The molecule has 1 aliphatic heterocycles. The van der Waals surface area contributed by atoms with Crippen LogP contribution in [0.1, 0.15) is 41.4 Å². The number of piperidine rings is 1. The molecule has 3 rings (SSSR count). The number of nitrogens with two attached hydrogens (primary N) is 1. The number of benzene rings is 1. The van der Waals surface area contributed by atoms with Crippen molar-refractivity contribution in [2.24, 2.45) is 11.7 Å². The van der Waals surface area contributed by atoms with Crippen LogP contribution in [-0.2, 0) is 6.18 Å². The number of halogens is 3. The van der Waals surface area contributed by atoms with Crippen LogP contribution in [0.25, 0.3) is 5.69 Å². The fourth-order valence-electron chi connectivity index (χ4n) is 3.45. The second-order valence-corrected chi connectivity index (χ2v) is 7.16. The predicted octanol–water partition coefficient (Wildman–Crippen LogP) is 3.40. The molecule has 5 nitrogen and oxygen atoms in total. The van der Waals surface area contributed by atoms with E-state index in [1.165, 1.54) is 4.90 Å². The summed E-state index contributed by atoms with van der Waals surface area (Å²) in [5, 5.41) is 3.88. The van der Waals surface area contributed by atoms with Crippen LogP contribution in [0, 0.1) is 12.8 Å². The van der Waals surface area contributed by atoms with Gasteiger partial charge in [0.1, 0.15) is 0 Å². The highest BCUT2D eigenvalue weighted by molar-refractivity contribution is 5.95. The third-order valence-electron chi connectivity index (χ3n) is 5.04. The highest BCUT2D eigenvalue weighted by Crippen LogP contribution is 2.34. The molecule has 0 aliphatic carbocycles. The number of carbonyl (C=O) groups excluding carboxylic acids is 1. The van der Waals surface area contributed by atoms with Crippen molar-refractivity contribution in [3.63, 3.8) is 0 Å². The van der Waals surface area contributed by atoms with E-state index in [0.717, 1.165) is 29.3 Å². The van der Waals surface area contributed by atoms with E-state index in [-0.39, 0.29) is 17.6 Å². The van der Waals surface area contributed by atoms with Crippen LogP contribution in [0.4, 0.5) is 13.2 Å². The summed E-state index contributed by atoms with van der Waals surface area (Å²) in [5.41, 5.74) is 5.65. The van der Waals surface area contributed by atoms with Crippen molar-refractivity contribution in [1.29, 1.82) is 0 Å². The van der Waals surface area contributed by atoms with Crippen LogP contribution < -0.4 is 5.73 Å². The number of rotatable bonds is 3. The van der Waals surface area contributed by atoms with Gasteiger partial charge in [0.05, 0.1) is 17.4 Å². The highest BCUT2D eigenvalue weighted by atomic mass is 19.4. The van der Waals surface area contributed by atoms with Gasteiger partial charge in [-0.3, -0.25) is 4.79 Å². The van der Waals surface area contributed by atoms with Gasteiger partial charge in [-0.1, -0.05) is 17.7 Å². The minimum atomic E-state index is -4.71. The average Bonchev–Trinajstić information content (AvgIpc) is 3.07. The summed E-state index contributed by atoms with van der Waals surface area (Å²) >= 11 is 0. The van der Waals surface area contributed by atoms with Gasteiger partial charge in [-0.05, 0) is 44.7 Å². The first-order valence-corrected chi connectivity index (χ1v) is 8.95. The molecule has 1 aromatic heterocycles. The third kappa shape index (κ3) is 4.00. The maximum atomic E-state index is 13.8. The Hall–Kier alpha value is -2.35. The van der Waals surface area contributed by atoms with Gasteiger partial charge in [0.15, 0.2) is 5.69 Å². The molecular formula is C19H23F3N4O. The molecule has 2 N–H and O–H groups in total. The molecule has 0 radical (unpaired) electrons. The third-order valence-corrected chi connectivity index (χ3v) is 5.04. The molecule has 2 unspecified atom stereocenters. The van der Waals surface area contributed by atoms with E-state index in [1.807, 2.05) is 13.8 Å². The van der Waals surface area contributed by atoms with E-state index < -0.39 is 23.3 Å². The zero-order valence-corrected chi connectivity index (χ0v) is 15.3. The molecule has 146 valence electrons. The molecule has 27 heavy (non-hydrogen) atoms. The maximum absolute atomic E-state index is 13.8. The summed E-state index contributed by atoms with van der Waals surface area (Å²) in [5.74, 6) is -0.560. The van der Waals surface area contributed by atoms with Gasteiger partial charge in [-0.25, -0.2) is 4.68 Å². The highest BCUT2D eigenvalue weighted by Gasteiger charge is 2.42. The Morgan fingerprint density at radius 1 is 1.30 bits per heavy atom. The summed E-state index contributed by atoms with van der Waals surface area (Å²) in [6.45, 7) is 4.49. The second kappa shape index (κ2) is 7.34. The van der Waals surface area contributed by atoms with Crippen molar-refractivity contribution in [2.45, 2.75) is 38.9 Å². The van der Waals surface area contributed by atoms with Crippen molar-refractivity contribution in [3.05, 3.63) is 47.3 Å². The first-order valence-electron chi connectivity index (χ1n) is 8.95. The molecule has 2 aromatic rings. The number of hydrogen-bond donors (Lipinski definition) is 1. The molecule has 2 heterocycles. The number of amides is 1. The lowest BCUT2D eigenvalue weighted by molar-refractivity contribution is -0.143. The molecular weight excluding hydrogens is 357 g/mol. The lowest BCUT2D eigenvalue weighted by Gasteiger charge is -2.34. The standard InChI is InChI=1S/C19H23F3N4O/c1-12-5-7-15(8-6-12)26-17(19(20,21)22)16(10-24-26)18(27)25-9-3-4-14(11-25)13(2)23/h5-8,10,13-14H,3-4,9,11,23H2,1-2H3. The van der Waals surface area contributed by atoms with E-state index in [4.69, 9.17) is 5.73 Å². The summed E-state index contributed by atoms with van der Waals surface area (Å²) in [4.78, 5) is 14.3. The number of nitrogens with zero attached hydrogens (tertiary/aromatic N) is 3. The van der Waals surface area contributed by atoms with Gasteiger partial charge in [0.25, 0.3) is 5.91 Å². The smallest absolute Gasteiger partial charge is 0.338 e. The van der Waals surface area contributed by atoms with Gasteiger partial charge in [0.2, 0.25) is 0 Å². The lowest BCUT2D eigenvalue weighted by atomic mass is 9.92. The minimum absolute atomic E-state index is 0.0872. The molecule has 0 bridgehead atoms. The Bertz CT molecular complexity index is 811. The molecule has 8 heteroatoms. The normalized spacial score (nSPS) is 19.2. The molecule has 1 amide bonds. The molecule has 1 aliphatic rings. The summed E-state index contributed by atoms with van der Waals surface area (Å²) in [7, 11) is 0. The van der Waals surface area contributed by atoms with Crippen LogP contribution in [0.3, 0.4) is 0 Å².